The van der Waals surface area contributed by atoms with Crippen LogP contribution in [0.2, 0.25) is 5.15 Å². The Labute approximate surface area is 156 Å². The molecule has 2 aromatic heterocycles. The highest BCUT2D eigenvalue weighted by atomic mass is 35.5. The van der Waals surface area contributed by atoms with Crippen LogP contribution in [0.4, 0.5) is 11.6 Å². The van der Waals surface area contributed by atoms with Crippen molar-refractivity contribution in [1.82, 2.24) is 15.0 Å². The number of rotatable bonds is 4. The molecular weight excluding hydrogens is 374 g/mol. The molecule has 3 heterocycles. The Morgan fingerprint density at radius 3 is 2.35 bits per heavy atom. The van der Waals surface area contributed by atoms with E-state index in [0.717, 1.165) is 31.4 Å². The summed E-state index contributed by atoms with van der Waals surface area (Å²) in [7, 11) is -3.85. The second kappa shape index (κ2) is 6.69. The van der Waals surface area contributed by atoms with Crippen LogP contribution >= 0.6 is 11.6 Å². The number of sulfonamides is 1. The molecule has 0 saturated carbocycles. The van der Waals surface area contributed by atoms with Gasteiger partial charge in [0.25, 0.3) is 10.0 Å². The minimum absolute atomic E-state index is 0.0178. The molecule has 0 bridgehead atoms. The van der Waals surface area contributed by atoms with Crippen molar-refractivity contribution in [3.63, 3.8) is 0 Å². The zero-order valence-electron chi connectivity index (χ0n) is 13.8. The number of hydrogen-bond acceptors (Lipinski definition) is 6. The van der Waals surface area contributed by atoms with Crippen molar-refractivity contribution in [2.45, 2.75) is 17.7 Å². The summed E-state index contributed by atoms with van der Waals surface area (Å²) in [6.45, 7) is 1.65. The quantitative estimate of drug-likeness (QED) is 0.690. The molecule has 0 spiro atoms. The molecule has 26 heavy (non-hydrogen) atoms. The maximum Gasteiger partial charge on any atom is 0.264 e. The molecule has 9 heteroatoms. The molecule has 7 nitrogen and oxygen atoms in total. The number of benzene rings is 1. The lowest BCUT2D eigenvalue weighted by Gasteiger charge is -2.20. The van der Waals surface area contributed by atoms with Crippen LogP contribution in [0.5, 0.6) is 0 Å². The molecule has 1 aromatic carbocycles. The van der Waals surface area contributed by atoms with E-state index in [1.165, 1.54) is 18.3 Å². The van der Waals surface area contributed by atoms with Crippen molar-refractivity contribution in [3.8, 4) is 0 Å². The fourth-order valence-electron chi connectivity index (χ4n) is 2.92. The van der Waals surface area contributed by atoms with E-state index in [1.807, 2.05) is 18.2 Å². The Bertz CT molecular complexity index is 1050. The Kier molecular flexibility index (Phi) is 4.37. The molecule has 0 atom stereocenters. The van der Waals surface area contributed by atoms with Gasteiger partial charge in [-0.2, -0.15) is 0 Å². The molecule has 1 fully saturated rings. The number of aromatic nitrogens is 3. The van der Waals surface area contributed by atoms with Crippen LogP contribution in [0.1, 0.15) is 12.8 Å². The third-order valence-corrected chi connectivity index (χ3v) is 5.75. The Morgan fingerprint density at radius 2 is 1.69 bits per heavy atom. The highest BCUT2D eigenvalue weighted by Gasteiger charge is 2.23. The molecule has 1 aliphatic rings. The zero-order valence-corrected chi connectivity index (χ0v) is 15.3. The largest absolute Gasteiger partial charge is 0.354 e. The van der Waals surface area contributed by atoms with E-state index in [4.69, 9.17) is 11.6 Å². The summed E-state index contributed by atoms with van der Waals surface area (Å²) in [5.41, 5.74) is 1.35. The standard InChI is InChI=1S/C17H16ClN5O2S/c18-15-8-7-12(11-19-15)26(24,25)22-16-17(23-9-3-4-10-23)21-14-6-2-1-5-13(14)20-16/h1-2,5-8,11H,3-4,9-10H2,(H,20,22). The molecule has 134 valence electrons. The summed E-state index contributed by atoms with van der Waals surface area (Å²) in [4.78, 5) is 15.1. The monoisotopic (exact) mass is 389 g/mol. The van der Waals surface area contributed by atoms with Crippen LogP contribution in [-0.4, -0.2) is 36.5 Å². The molecule has 1 N–H and O–H groups in total. The molecule has 3 aromatic rings. The van der Waals surface area contributed by atoms with Gasteiger partial charge in [-0.05, 0) is 37.1 Å². The minimum atomic E-state index is -3.85. The Morgan fingerprint density at radius 1 is 1.00 bits per heavy atom. The fourth-order valence-corrected chi connectivity index (χ4v) is 3.98. The fraction of sp³-hybridized carbons (Fsp3) is 0.235. The van der Waals surface area contributed by atoms with Crippen molar-refractivity contribution in [1.29, 1.82) is 0 Å². The summed E-state index contributed by atoms with van der Waals surface area (Å²) in [5, 5.41) is 0.229. The van der Waals surface area contributed by atoms with Crippen LogP contribution in [-0.2, 0) is 10.0 Å². The predicted molar refractivity (Wildman–Crippen MR) is 101 cm³/mol. The van der Waals surface area contributed by atoms with Gasteiger partial charge in [0.05, 0.1) is 11.0 Å². The number of pyridine rings is 1. The van der Waals surface area contributed by atoms with Gasteiger partial charge < -0.3 is 4.90 Å². The first-order chi connectivity index (χ1) is 12.5. The van der Waals surface area contributed by atoms with Crippen LogP contribution in [0.15, 0.2) is 47.5 Å². The van der Waals surface area contributed by atoms with Gasteiger partial charge >= 0.3 is 0 Å². The lowest BCUT2D eigenvalue weighted by Crippen LogP contribution is -2.23. The van der Waals surface area contributed by atoms with Gasteiger partial charge in [0.2, 0.25) is 0 Å². The number of hydrogen-bond donors (Lipinski definition) is 1. The van der Waals surface area contributed by atoms with Gasteiger partial charge in [-0.3, -0.25) is 4.72 Å². The predicted octanol–water partition coefficient (Wildman–Crippen LogP) is 3.08. The second-order valence-corrected chi connectivity index (χ2v) is 8.07. The van der Waals surface area contributed by atoms with Crippen molar-refractivity contribution >= 4 is 44.3 Å². The first-order valence-electron chi connectivity index (χ1n) is 8.19. The number of fused-ring (bicyclic) bond motifs is 1. The summed E-state index contributed by atoms with van der Waals surface area (Å²) >= 11 is 5.74. The highest BCUT2D eigenvalue weighted by molar-refractivity contribution is 7.92. The number of anilines is 2. The van der Waals surface area contributed by atoms with Crippen molar-refractivity contribution in [2.75, 3.05) is 22.7 Å². The lowest BCUT2D eigenvalue weighted by atomic mass is 10.3. The normalized spacial score (nSPS) is 14.7. The van der Waals surface area contributed by atoms with E-state index >= 15 is 0 Å². The van der Waals surface area contributed by atoms with E-state index in [9.17, 15) is 8.42 Å². The molecule has 0 unspecified atom stereocenters. The number of para-hydroxylation sites is 2. The average molecular weight is 390 g/mol. The third kappa shape index (κ3) is 3.30. The highest BCUT2D eigenvalue weighted by Crippen LogP contribution is 2.29. The van der Waals surface area contributed by atoms with Crippen LogP contribution < -0.4 is 9.62 Å². The topological polar surface area (TPSA) is 88.1 Å². The number of nitrogens with zero attached hydrogens (tertiary/aromatic N) is 4. The maximum absolute atomic E-state index is 12.7. The summed E-state index contributed by atoms with van der Waals surface area (Å²) in [6.07, 6.45) is 3.30. The maximum atomic E-state index is 12.7. The van der Waals surface area contributed by atoms with Crippen molar-refractivity contribution in [3.05, 3.63) is 47.7 Å². The molecule has 4 rings (SSSR count). The van der Waals surface area contributed by atoms with E-state index in [2.05, 4.69) is 24.6 Å². The smallest absolute Gasteiger partial charge is 0.264 e. The first-order valence-corrected chi connectivity index (χ1v) is 10.1. The van der Waals surface area contributed by atoms with Gasteiger partial charge in [0.1, 0.15) is 10.0 Å². The summed E-state index contributed by atoms with van der Waals surface area (Å²) in [6, 6.07) is 10.2. The van der Waals surface area contributed by atoms with Crippen molar-refractivity contribution in [2.24, 2.45) is 0 Å². The Balaban J connectivity index is 1.79. The van der Waals surface area contributed by atoms with Gasteiger partial charge in [-0.1, -0.05) is 23.7 Å². The van der Waals surface area contributed by atoms with Crippen LogP contribution in [0, 0.1) is 0 Å². The average Bonchev–Trinajstić information content (AvgIpc) is 3.15. The number of halogens is 1. The molecular formula is C17H16ClN5O2S. The van der Waals surface area contributed by atoms with E-state index in [0.29, 0.717) is 11.3 Å². The van der Waals surface area contributed by atoms with Crippen LogP contribution in [0.25, 0.3) is 11.0 Å². The molecule has 1 aliphatic heterocycles. The second-order valence-electron chi connectivity index (χ2n) is 6.00. The van der Waals surface area contributed by atoms with E-state index in [-0.39, 0.29) is 15.9 Å². The van der Waals surface area contributed by atoms with Gasteiger partial charge in [-0.25, -0.2) is 23.4 Å². The Hall–Kier alpha value is -2.45. The van der Waals surface area contributed by atoms with E-state index in [1.54, 1.807) is 6.07 Å². The van der Waals surface area contributed by atoms with E-state index < -0.39 is 10.0 Å². The third-order valence-electron chi connectivity index (χ3n) is 4.20. The van der Waals surface area contributed by atoms with Gasteiger partial charge in [0, 0.05) is 19.3 Å². The molecule has 0 aliphatic carbocycles. The summed E-state index contributed by atoms with van der Waals surface area (Å²) < 4.78 is 28.0. The summed E-state index contributed by atoms with van der Waals surface area (Å²) in [5.74, 6) is 0.771. The van der Waals surface area contributed by atoms with Gasteiger partial charge in [-0.15, -0.1) is 0 Å². The minimum Gasteiger partial charge on any atom is -0.354 e. The van der Waals surface area contributed by atoms with Crippen LogP contribution in [0.3, 0.4) is 0 Å². The SMILES string of the molecule is O=S(=O)(Nc1nc2ccccc2nc1N1CCCC1)c1ccc(Cl)nc1. The molecule has 1 saturated heterocycles. The lowest BCUT2D eigenvalue weighted by molar-refractivity contribution is 0.600. The van der Waals surface area contributed by atoms with Crippen molar-refractivity contribution < 1.29 is 8.42 Å². The van der Waals surface area contributed by atoms with Gasteiger partial charge in [0.15, 0.2) is 11.6 Å². The first kappa shape index (κ1) is 17.0. The molecule has 0 radical (unpaired) electrons. The molecule has 0 amide bonds. The zero-order chi connectivity index (χ0) is 18.1. The number of nitrogens with one attached hydrogen (secondary N) is 1.